The van der Waals surface area contributed by atoms with Gasteiger partial charge in [-0.2, -0.15) is 0 Å². The second-order valence-corrected chi connectivity index (χ2v) is 4.94. The molecule has 1 fully saturated rings. The van der Waals surface area contributed by atoms with Crippen LogP contribution < -0.4 is 10.6 Å². The van der Waals surface area contributed by atoms with E-state index < -0.39 is 0 Å². The average Bonchev–Trinajstić information content (AvgIpc) is 2.40. The van der Waals surface area contributed by atoms with Crippen LogP contribution in [0, 0.1) is 6.92 Å². The first kappa shape index (κ1) is 11.4. The molecule has 0 aliphatic carbocycles. The summed E-state index contributed by atoms with van der Waals surface area (Å²) in [7, 11) is 0. The third-order valence-electron chi connectivity index (χ3n) is 3.37. The van der Waals surface area contributed by atoms with Crippen LogP contribution in [0.5, 0.6) is 0 Å². The molecule has 1 saturated heterocycles. The molecule has 1 aliphatic rings. The number of fused-ring (bicyclic) bond motifs is 1. The molecule has 0 amide bonds. The third kappa shape index (κ3) is 2.43. The minimum Gasteiger partial charge on any atom is -0.350 e. The molecule has 18 heavy (non-hydrogen) atoms. The maximum Gasteiger partial charge on any atom is 0.223 e. The molecule has 3 rings (SSSR count). The van der Waals surface area contributed by atoms with Gasteiger partial charge in [-0.05, 0) is 38.4 Å². The monoisotopic (exact) mass is 242 g/mol. The minimum atomic E-state index is 0.446. The molecule has 2 heterocycles. The van der Waals surface area contributed by atoms with E-state index in [4.69, 9.17) is 0 Å². The molecule has 1 aromatic heterocycles. The number of nitrogens with one attached hydrogen (secondary N) is 2. The van der Waals surface area contributed by atoms with Crippen molar-refractivity contribution in [3.8, 4) is 0 Å². The van der Waals surface area contributed by atoms with Crippen LogP contribution >= 0.6 is 0 Å². The number of rotatable bonds is 2. The van der Waals surface area contributed by atoms with E-state index in [1.807, 2.05) is 6.20 Å². The Bertz CT molecular complexity index is 546. The van der Waals surface area contributed by atoms with Gasteiger partial charge in [0.2, 0.25) is 5.95 Å². The summed E-state index contributed by atoms with van der Waals surface area (Å²) in [4.78, 5) is 8.95. The average molecular weight is 242 g/mol. The predicted molar refractivity (Wildman–Crippen MR) is 73.8 cm³/mol. The summed E-state index contributed by atoms with van der Waals surface area (Å²) in [5.41, 5.74) is 2.24. The molecule has 1 atom stereocenters. The lowest BCUT2D eigenvalue weighted by atomic mass is 10.1. The lowest BCUT2D eigenvalue weighted by Gasteiger charge is -2.23. The standard InChI is InChI=1S/C14H18N4/c1-10-4-5-13-11(7-10)8-16-14(18-13)17-12-3-2-6-15-9-12/h4-5,7-8,12,15H,2-3,6,9H2,1H3,(H,16,17,18)/t12-/m1/s1. The zero-order valence-corrected chi connectivity index (χ0v) is 10.6. The Hall–Kier alpha value is -1.68. The van der Waals surface area contributed by atoms with Crippen LogP contribution in [0.2, 0.25) is 0 Å². The van der Waals surface area contributed by atoms with E-state index in [1.54, 1.807) is 0 Å². The van der Waals surface area contributed by atoms with Crippen LogP contribution in [0.4, 0.5) is 5.95 Å². The Kier molecular flexibility index (Phi) is 3.11. The molecule has 2 aromatic rings. The van der Waals surface area contributed by atoms with E-state index in [0.29, 0.717) is 6.04 Å². The fourth-order valence-corrected chi connectivity index (χ4v) is 2.38. The highest BCUT2D eigenvalue weighted by atomic mass is 15.1. The summed E-state index contributed by atoms with van der Waals surface area (Å²) in [6, 6.07) is 6.70. The van der Waals surface area contributed by atoms with Gasteiger partial charge in [0.25, 0.3) is 0 Å². The highest BCUT2D eigenvalue weighted by Gasteiger charge is 2.13. The molecule has 4 nitrogen and oxygen atoms in total. The number of aryl methyl sites for hydroxylation is 1. The smallest absolute Gasteiger partial charge is 0.223 e. The number of hydrogen-bond acceptors (Lipinski definition) is 4. The summed E-state index contributed by atoms with van der Waals surface area (Å²) in [5, 5.41) is 7.88. The molecular formula is C14H18N4. The number of benzene rings is 1. The van der Waals surface area contributed by atoms with Gasteiger partial charge < -0.3 is 10.6 Å². The Morgan fingerprint density at radius 2 is 2.33 bits per heavy atom. The fraction of sp³-hybridized carbons (Fsp3) is 0.429. The van der Waals surface area contributed by atoms with Gasteiger partial charge in [0.15, 0.2) is 0 Å². The van der Waals surface area contributed by atoms with Gasteiger partial charge in [0.1, 0.15) is 0 Å². The van der Waals surface area contributed by atoms with E-state index in [-0.39, 0.29) is 0 Å². The highest BCUT2D eigenvalue weighted by molar-refractivity contribution is 5.79. The first-order valence-electron chi connectivity index (χ1n) is 6.52. The lowest BCUT2D eigenvalue weighted by Crippen LogP contribution is -2.38. The number of piperidine rings is 1. The van der Waals surface area contributed by atoms with E-state index in [9.17, 15) is 0 Å². The molecule has 0 saturated carbocycles. The largest absolute Gasteiger partial charge is 0.350 e. The van der Waals surface area contributed by atoms with Gasteiger partial charge in [-0.1, -0.05) is 11.6 Å². The van der Waals surface area contributed by atoms with Crippen molar-refractivity contribution in [1.29, 1.82) is 0 Å². The van der Waals surface area contributed by atoms with E-state index in [2.05, 4.69) is 45.7 Å². The molecule has 94 valence electrons. The normalized spacial score (nSPS) is 19.9. The van der Waals surface area contributed by atoms with Gasteiger partial charge in [0.05, 0.1) is 5.52 Å². The minimum absolute atomic E-state index is 0.446. The number of aromatic nitrogens is 2. The van der Waals surface area contributed by atoms with Crippen LogP contribution in [0.3, 0.4) is 0 Å². The summed E-state index contributed by atoms with van der Waals surface area (Å²) in [6.07, 6.45) is 4.29. The molecule has 2 N–H and O–H groups in total. The molecule has 1 aromatic carbocycles. The van der Waals surface area contributed by atoms with Gasteiger partial charge in [0, 0.05) is 24.2 Å². The lowest BCUT2D eigenvalue weighted by molar-refractivity contribution is 0.478. The van der Waals surface area contributed by atoms with Gasteiger partial charge in [-0.3, -0.25) is 0 Å². The first-order valence-corrected chi connectivity index (χ1v) is 6.52. The van der Waals surface area contributed by atoms with Crippen LogP contribution in [-0.4, -0.2) is 29.1 Å². The maximum atomic E-state index is 4.56. The van der Waals surface area contributed by atoms with Crippen molar-refractivity contribution in [2.24, 2.45) is 0 Å². The van der Waals surface area contributed by atoms with Crippen molar-refractivity contribution in [3.05, 3.63) is 30.0 Å². The van der Waals surface area contributed by atoms with Crippen LogP contribution in [-0.2, 0) is 0 Å². The molecular weight excluding hydrogens is 224 g/mol. The summed E-state index contributed by atoms with van der Waals surface area (Å²) in [5.74, 6) is 0.736. The van der Waals surface area contributed by atoms with Crippen molar-refractivity contribution in [3.63, 3.8) is 0 Å². The van der Waals surface area contributed by atoms with Crippen LogP contribution in [0.1, 0.15) is 18.4 Å². The third-order valence-corrected chi connectivity index (χ3v) is 3.37. The van der Waals surface area contributed by atoms with Crippen molar-refractivity contribution >= 4 is 16.9 Å². The topological polar surface area (TPSA) is 49.8 Å². The van der Waals surface area contributed by atoms with Crippen molar-refractivity contribution in [2.75, 3.05) is 18.4 Å². The molecule has 0 unspecified atom stereocenters. The summed E-state index contributed by atoms with van der Waals surface area (Å²) in [6.45, 7) is 4.20. The number of anilines is 1. The number of nitrogens with zero attached hydrogens (tertiary/aromatic N) is 2. The highest BCUT2D eigenvalue weighted by Crippen LogP contribution is 2.15. The quantitative estimate of drug-likeness (QED) is 0.846. The molecule has 0 spiro atoms. The van der Waals surface area contributed by atoms with Gasteiger partial charge in [-0.25, -0.2) is 9.97 Å². The summed E-state index contributed by atoms with van der Waals surface area (Å²) < 4.78 is 0. The Labute approximate surface area is 107 Å². The van der Waals surface area contributed by atoms with E-state index in [1.165, 1.54) is 18.4 Å². The number of hydrogen-bond donors (Lipinski definition) is 2. The van der Waals surface area contributed by atoms with Gasteiger partial charge >= 0.3 is 0 Å². The Balaban J connectivity index is 1.82. The van der Waals surface area contributed by atoms with E-state index in [0.717, 1.165) is 29.9 Å². The van der Waals surface area contributed by atoms with E-state index >= 15 is 0 Å². The second-order valence-electron chi connectivity index (χ2n) is 4.94. The zero-order chi connectivity index (χ0) is 12.4. The Morgan fingerprint density at radius 3 is 3.17 bits per heavy atom. The molecule has 0 radical (unpaired) electrons. The van der Waals surface area contributed by atoms with Crippen LogP contribution in [0.25, 0.3) is 10.9 Å². The molecule has 0 bridgehead atoms. The fourth-order valence-electron chi connectivity index (χ4n) is 2.38. The second kappa shape index (κ2) is 4.90. The van der Waals surface area contributed by atoms with Gasteiger partial charge in [-0.15, -0.1) is 0 Å². The molecule has 4 heteroatoms. The van der Waals surface area contributed by atoms with Crippen molar-refractivity contribution in [1.82, 2.24) is 15.3 Å². The summed E-state index contributed by atoms with van der Waals surface area (Å²) >= 11 is 0. The van der Waals surface area contributed by atoms with Crippen molar-refractivity contribution < 1.29 is 0 Å². The first-order chi connectivity index (χ1) is 8.81. The SMILES string of the molecule is Cc1ccc2nc(N[C@@H]3CCCNC3)ncc2c1. The molecule has 1 aliphatic heterocycles. The maximum absolute atomic E-state index is 4.56. The van der Waals surface area contributed by atoms with Crippen LogP contribution in [0.15, 0.2) is 24.4 Å². The van der Waals surface area contributed by atoms with Crippen molar-refractivity contribution in [2.45, 2.75) is 25.8 Å². The Morgan fingerprint density at radius 1 is 1.39 bits per heavy atom. The predicted octanol–water partition coefficient (Wildman–Crippen LogP) is 2.10. The zero-order valence-electron chi connectivity index (χ0n) is 10.6.